The summed E-state index contributed by atoms with van der Waals surface area (Å²) in [4.78, 5) is 34.8. The molecular weight excluding hydrogens is 480 g/mol. The molecule has 5 heterocycles. The fourth-order valence-electron chi connectivity index (χ4n) is 4.07. The van der Waals surface area contributed by atoms with Gasteiger partial charge in [-0.3, -0.25) is 4.57 Å². The maximum absolute atomic E-state index is 11.5. The number of aromatic nitrogens is 5. The van der Waals surface area contributed by atoms with E-state index in [4.69, 9.17) is 15.0 Å². The predicted octanol–water partition coefficient (Wildman–Crippen LogP) is 0.796. The van der Waals surface area contributed by atoms with Crippen LogP contribution in [0.25, 0.3) is 21.6 Å². The Balaban J connectivity index is 1.28. The van der Waals surface area contributed by atoms with E-state index < -0.39 is 30.4 Å². The van der Waals surface area contributed by atoms with E-state index in [1.165, 1.54) is 17.2 Å². The van der Waals surface area contributed by atoms with E-state index in [1.54, 1.807) is 11.3 Å². The predicted molar refractivity (Wildman–Crippen MR) is 123 cm³/mol. The third-order valence-electron chi connectivity index (χ3n) is 5.79. The molecule has 0 bridgehead atoms. The number of imidazole rings is 1. The van der Waals surface area contributed by atoms with Crippen molar-refractivity contribution < 1.29 is 24.5 Å². The zero-order valence-corrected chi connectivity index (χ0v) is 19.2. The third-order valence-corrected chi connectivity index (χ3v) is 6.90. The van der Waals surface area contributed by atoms with E-state index in [0.29, 0.717) is 36.7 Å². The van der Waals surface area contributed by atoms with Crippen LogP contribution in [-0.2, 0) is 20.7 Å². The molecule has 3 N–H and O–H groups in total. The zero-order chi connectivity index (χ0) is 24.4. The van der Waals surface area contributed by atoms with Crippen LogP contribution in [0.1, 0.15) is 11.1 Å². The summed E-state index contributed by atoms with van der Waals surface area (Å²) in [6.07, 6.45) is 1.29. The smallest absolute Gasteiger partial charge is 0.333 e. The van der Waals surface area contributed by atoms with Crippen LogP contribution >= 0.6 is 11.3 Å². The minimum atomic E-state index is -1.50. The second-order valence-electron chi connectivity index (χ2n) is 7.90. The number of nitrogens with zero attached hydrogens (tertiary/aromatic N) is 9. The van der Waals surface area contributed by atoms with E-state index in [1.807, 2.05) is 6.20 Å². The lowest BCUT2D eigenvalue weighted by Crippen LogP contribution is -2.36. The average Bonchev–Trinajstić information content (AvgIpc) is 3.58. The van der Waals surface area contributed by atoms with Gasteiger partial charge >= 0.3 is 5.97 Å². The van der Waals surface area contributed by atoms with Crippen LogP contribution in [0, 0.1) is 0 Å². The summed E-state index contributed by atoms with van der Waals surface area (Å²) in [5.41, 5.74) is 9.51. The number of carboxylic acids is 1. The molecule has 2 fully saturated rings. The van der Waals surface area contributed by atoms with Gasteiger partial charge in [0.2, 0.25) is 0 Å². The van der Waals surface area contributed by atoms with Gasteiger partial charge in [0.15, 0.2) is 34.4 Å². The summed E-state index contributed by atoms with van der Waals surface area (Å²) < 4.78 is 12.3. The highest BCUT2D eigenvalue weighted by Gasteiger charge is 2.48. The van der Waals surface area contributed by atoms with E-state index in [9.17, 15) is 15.0 Å². The number of hydrogen-bond donors (Lipinski definition) is 3. The summed E-state index contributed by atoms with van der Waals surface area (Å²) in [5.74, 6) is -0.856. The van der Waals surface area contributed by atoms with Crippen molar-refractivity contribution in [2.45, 2.75) is 30.9 Å². The first-order valence-electron chi connectivity index (χ1n) is 10.9. The molecule has 0 radical (unpaired) electrons. The highest BCUT2D eigenvalue weighted by molar-refractivity contribution is 7.15. The highest BCUT2D eigenvalue weighted by Crippen LogP contribution is 2.34. The summed E-state index contributed by atoms with van der Waals surface area (Å²) in [6, 6.07) is -1.29. The Kier molecular flexibility index (Phi) is 6.61. The minimum Gasteiger partial charge on any atom is -0.479 e. The van der Waals surface area contributed by atoms with Gasteiger partial charge in [0, 0.05) is 42.0 Å². The summed E-state index contributed by atoms with van der Waals surface area (Å²) >= 11 is 1.65. The maximum atomic E-state index is 11.5. The van der Waals surface area contributed by atoms with Crippen LogP contribution in [0.2, 0.25) is 0 Å². The topological polar surface area (TPSA) is 197 Å². The number of thiazole rings is 1. The highest BCUT2D eigenvalue weighted by atomic mass is 32.1. The molecule has 0 aromatic carbocycles. The lowest BCUT2D eigenvalue weighted by molar-refractivity contribution is -0.152. The Morgan fingerprint density at radius 2 is 2.14 bits per heavy atom. The van der Waals surface area contributed by atoms with E-state index >= 15 is 0 Å². The summed E-state index contributed by atoms with van der Waals surface area (Å²) in [6.45, 7) is 3.66. The largest absolute Gasteiger partial charge is 0.479 e. The number of fused-ring (bicyclic) bond motifs is 1. The second-order valence-corrected chi connectivity index (χ2v) is 9.00. The quantitative estimate of drug-likeness (QED) is 0.224. The van der Waals surface area contributed by atoms with Crippen molar-refractivity contribution in [3.63, 3.8) is 0 Å². The normalized spacial score (nSPS) is 24.4. The summed E-state index contributed by atoms with van der Waals surface area (Å²) in [7, 11) is 0. The molecule has 0 spiro atoms. The molecule has 5 rings (SSSR count). The van der Waals surface area contributed by atoms with Crippen molar-refractivity contribution in [1.82, 2.24) is 24.5 Å². The van der Waals surface area contributed by atoms with E-state index in [-0.39, 0.29) is 0 Å². The lowest BCUT2D eigenvalue weighted by atomic mass is 10.1. The first-order valence-corrected chi connectivity index (χ1v) is 11.7. The van der Waals surface area contributed by atoms with Gasteiger partial charge in [-0.15, -0.1) is 11.3 Å². The van der Waals surface area contributed by atoms with Crippen LogP contribution in [0.5, 0.6) is 0 Å². The molecule has 4 atom stereocenters. The number of azide groups is 1. The molecular formula is C19H22N10O5S. The standard InChI is InChI=1S/C19H22N10O5S/c20-27-26-11-13(30)17(34-14(11)18(31)32)29-9-25-12-15(23-8-24-16(12)29)21-2-1-10-7-22-19(35-10)28-3-5-33-6-4-28/h7-9,11,13-14,17,30H,1-6H2,(H,31,32)(H,21,23,24)/t11-,13+,14-,17+/m0/s1. The number of carboxylic acid groups (broad SMARTS) is 1. The third kappa shape index (κ3) is 4.56. The number of anilines is 2. The van der Waals surface area contributed by atoms with Crippen molar-refractivity contribution in [2.24, 2.45) is 5.11 Å². The number of aliphatic hydroxyl groups excluding tert-OH is 1. The van der Waals surface area contributed by atoms with Crippen LogP contribution in [0.4, 0.5) is 10.9 Å². The SMILES string of the molecule is [N-]=[N+]=N[C@H]1[C@@H](O)[C@H](n2cnc3c(NCCc4cnc(N5CCOCC5)s4)ncnc32)O[C@@H]1C(=O)O. The van der Waals surface area contributed by atoms with Crippen molar-refractivity contribution in [3.8, 4) is 0 Å². The molecule has 0 saturated carbocycles. The van der Waals surface area contributed by atoms with Crippen molar-refractivity contribution >= 4 is 39.4 Å². The number of rotatable bonds is 8. The molecule has 0 unspecified atom stereocenters. The molecule has 35 heavy (non-hydrogen) atoms. The molecule has 15 nitrogen and oxygen atoms in total. The Morgan fingerprint density at radius 1 is 1.31 bits per heavy atom. The second kappa shape index (κ2) is 9.97. The van der Waals surface area contributed by atoms with Crippen molar-refractivity contribution in [2.75, 3.05) is 43.1 Å². The molecule has 3 aromatic heterocycles. The van der Waals surface area contributed by atoms with Crippen LogP contribution in [0.15, 0.2) is 24.0 Å². The molecule has 16 heteroatoms. The number of carbonyl (C=O) groups is 1. The van der Waals surface area contributed by atoms with Gasteiger partial charge in [0.1, 0.15) is 18.5 Å². The molecule has 2 aliphatic rings. The number of hydrogen-bond acceptors (Lipinski definition) is 12. The Labute approximate surface area is 202 Å². The van der Waals surface area contributed by atoms with E-state index in [0.717, 1.165) is 29.5 Å². The number of morpholine rings is 1. The molecule has 2 aliphatic heterocycles. The molecule has 0 aliphatic carbocycles. The van der Waals surface area contributed by atoms with Gasteiger partial charge in [-0.1, -0.05) is 5.11 Å². The molecule has 0 amide bonds. The van der Waals surface area contributed by atoms with E-state index in [2.05, 4.69) is 40.2 Å². The van der Waals surface area contributed by atoms with Gasteiger partial charge in [-0.2, -0.15) is 0 Å². The van der Waals surface area contributed by atoms with Crippen LogP contribution in [0.3, 0.4) is 0 Å². The molecule has 2 saturated heterocycles. The van der Waals surface area contributed by atoms with Gasteiger partial charge in [-0.25, -0.2) is 24.7 Å². The number of aliphatic hydroxyl groups is 1. The number of ether oxygens (including phenoxy) is 2. The minimum absolute atomic E-state index is 0.338. The van der Waals surface area contributed by atoms with Gasteiger partial charge in [-0.05, 0) is 5.53 Å². The fourth-order valence-corrected chi connectivity index (χ4v) is 5.03. The Hall–Kier alpha value is -3.56. The fraction of sp³-hybridized carbons (Fsp3) is 0.526. The van der Waals surface area contributed by atoms with Crippen molar-refractivity contribution in [3.05, 3.63) is 34.2 Å². The van der Waals surface area contributed by atoms with Crippen molar-refractivity contribution in [1.29, 1.82) is 0 Å². The molecule has 184 valence electrons. The van der Waals surface area contributed by atoms with Gasteiger partial charge in [0.25, 0.3) is 0 Å². The lowest BCUT2D eigenvalue weighted by Gasteiger charge is -2.25. The maximum Gasteiger partial charge on any atom is 0.333 e. The average molecular weight is 503 g/mol. The van der Waals surface area contributed by atoms with Gasteiger partial charge < -0.3 is 29.9 Å². The Bertz CT molecular complexity index is 1250. The first kappa shape index (κ1) is 23.2. The summed E-state index contributed by atoms with van der Waals surface area (Å²) in [5, 5.41) is 27.6. The number of nitrogens with one attached hydrogen (secondary N) is 1. The monoisotopic (exact) mass is 502 g/mol. The zero-order valence-electron chi connectivity index (χ0n) is 18.3. The van der Waals surface area contributed by atoms with Gasteiger partial charge in [0.05, 0.1) is 19.5 Å². The molecule has 3 aromatic rings. The Morgan fingerprint density at radius 3 is 2.91 bits per heavy atom. The van der Waals surface area contributed by atoms with Crippen LogP contribution < -0.4 is 10.2 Å². The van der Waals surface area contributed by atoms with Crippen LogP contribution in [-0.4, -0.2) is 91.8 Å². The number of aliphatic carboxylic acids is 1. The first-order chi connectivity index (χ1) is 17.1.